The van der Waals surface area contributed by atoms with Crippen molar-refractivity contribution >= 4 is 101 Å². The zero-order valence-corrected chi connectivity index (χ0v) is 37.6. The minimum absolute atomic E-state index is 0. The minimum atomic E-state index is -1.09. The van der Waals surface area contributed by atoms with Gasteiger partial charge in [-0.05, 0) is 96.0 Å². The number of para-hydroxylation sites is 2. The lowest BCUT2D eigenvalue weighted by Gasteiger charge is -2.26. The molecule has 0 aliphatic rings. The van der Waals surface area contributed by atoms with E-state index >= 15 is 0 Å². The molecule has 6 aromatic rings. The molecule has 2 heterocycles. The molecule has 64 heavy (non-hydrogen) atoms. The summed E-state index contributed by atoms with van der Waals surface area (Å²) in [5.41, 5.74) is 17.4. The van der Waals surface area contributed by atoms with Crippen molar-refractivity contribution < 1.29 is 42.7 Å². The van der Waals surface area contributed by atoms with Gasteiger partial charge in [0, 0.05) is 22.9 Å². The molecular formula is C43H48Br2F2N10O7. The largest absolute Gasteiger partial charge is 0.480 e. The van der Waals surface area contributed by atoms with Crippen LogP contribution in [0.1, 0.15) is 56.1 Å². The fraction of sp³-hybridized carbons (Fsp3) is 0.256. The average molecular weight is 1010 g/mol. The van der Waals surface area contributed by atoms with Crippen LogP contribution >= 0.6 is 31.9 Å². The number of halogens is 4. The Bertz CT molecular complexity index is 2650. The lowest BCUT2D eigenvalue weighted by Crippen LogP contribution is -2.44. The van der Waals surface area contributed by atoms with Crippen LogP contribution in [0, 0.1) is 11.6 Å². The number of nitrogens with one attached hydrogen (secondary N) is 1. The van der Waals surface area contributed by atoms with E-state index in [1.807, 2.05) is 0 Å². The van der Waals surface area contributed by atoms with Crippen molar-refractivity contribution in [2.24, 2.45) is 11.5 Å². The lowest BCUT2D eigenvalue weighted by molar-refractivity contribution is -0.146. The van der Waals surface area contributed by atoms with Gasteiger partial charge in [-0.25, -0.2) is 8.78 Å². The summed E-state index contributed by atoms with van der Waals surface area (Å²) in [5.74, 6) is -4.77. The van der Waals surface area contributed by atoms with Gasteiger partial charge in [0.1, 0.15) is 26.2 Å². The first-order valence-electron chi connectivity index (χ1n) is 19.0. The monoisotopic (exact) mass is 1010 g/mol. The Morgan fingerprint density at radius 2 is 1.09 bits per heavy atom. The number of benzene rings is 4. The average Bonchev–Trinajstić information content (AvgIpc) is 3.78. The standard InChI is InChI=1S/C21H21BrFN5O3.C15H18N4O4.C6H5BrFN.CH4/c1-12(2)27(10-17(29)25-15-8-5-7-14(22)19(15)23)18(30)11-28-16-9-4-3-6-13(16)20(26-28)21(24)31;1-9(2)18(8-13(21)22)12(20)7-19-11-6-4-3-5-10(11)14(17-19)15(16)23;7-4-2-1-3-5(9)6(4)8;/h3-9,12H,10-11H2,1-2H3,(H2,24,31)(H,25,29);3-6,9H,7-8H2,1-2H3,(H2,16,23)(H,21,22);1-3H,9H2;1H4. The number of aromatic nitrogens is 4. The zero-order chi connectivity index (χ0) is 46.7. The van der Waals surface area contributed by atoms with Crippen molar-refractivity contribution in [1.29, 1.82) is 0 Å². The highest BCUT2D eigenvalue weighted by atomic mass is 79.9. The Balaban J connectivity index is 0.000000289. The van der Waals surface area contributed by atoms with Gasteiger partial charge in [0.15, 0.2) is 23.0 Å². The molecule has 4 aromatic carbocycles. The fourth-order valence-corrected chi connectivity index (χ4v) is 6.77. The Morgan fingerprint density at radius 3 is 1.50 bits per heavy atom. The highest BCUT2D eigenvalue weighted by Crippen LogP contribution is 2.24. The molecule has 340 valence electrons. The van der Waals surface area contributed by atoms with Gasteiger partial charge < -0.3 is 37.4 Å². The van der Waals surface area contributed by atoms with Crippen LogP contribution < -0.4 is 22.5 Å². The Kier molecular flexibility index (Phi) is 18.6. The number of fused-ring (bicyclic) bond motifs is 2. The fourth-order valence-electron chi connectivity index (χ4n) is 6.03. The first-order valence-corrected chi connectivity index (χ1v) is 20.5. The second-order valence-electron chi connectivity index (χ2n) is 14.2. The number of amides is 5. The second-order valence-corrected chi connectivity index (χ2v) is 15.9. The number of nitrogens with zero attached hydrogens (tertiary/aromatic N) is 6. The maximum absolute atomic E-state index is 14.1. The normalized spacial score (nSPS) is 10.6. The van der Waals surface area contributed by atoms with Crippen LogP contribution in [0.5, 0.6) is 0 Å². The van der Waals surface area contributed by atoms with Crippen molar-refractivity contribution in [3.05, 3.63) is 117 Å². The van der Waals surface area contributed by atoms with E-state index in [4.69, 9.17) is 22.3 Å². The Labute approximate surface area is 383 Å². The number of carbonyl (C=O) groups is 6. The number of nitrogen functional groups attached to an aromatic ring is 1. The third kappa shape index (κ3) is 13.1. The Morgan fingerprint density at radius 1 is 0.672 bits per heavy atom. The molecule has 0 fully saturated rings. The maximum Gasteiger partial charge on any atom is 0.323 e. The maximum atomic E-state index is 14.1. The minimum Gasteiger partial charge on any atom is -0.480 e. The number of carbonyl (C=O) groups excluding carboxylic acids is 5. The summed E-state index contributed by atoms with van der Waals surface area (Å²) in [6.45, 7) is 5.97. The summed E-state index contributed by atoms with van der Waals surface area (Å²) in [6.07, 6.45) is 0. The summed E-state index contributed by atoms with van der Waals surface area (Å²) in [5, 5.41) is 20.8. The van der Waals surface area contributed by atoms with Crippen molar-refractivity contribution in [3.8, 4) is 0 Å². The number of aliphatic carboxylic acids is 1. The SMILES string of the molecule is C.CC(C)N(CC(=O)Nc1cccc(Br)c1F)C(=O)Cn1nc(C(N)=O)c2ccccc21.CC(C)N(CC(=O)O)C(=O)Cn1nc(C(N)=O)c2ccccc21.Nc1cccc(Br)c1F. The molecule has 0 aliphatic heterocycles. The van der Waals surface area contributed by atoms with Gasteiger partial charge in [0.25, 0.3) is 11.8 Å². The second kappa shape index (κ2) is 23.1. The summed E-state index contributed by atoms with van der Waals surface area (Å²) in [7, 11) is 0. The summed E-state index contributed by atoms with van der Waals surface area (Å²) < 4.78 is 30.1. The molecule has 0 spiro atoms. The number of carboxylic acid groups (broad SMARTS) is 1. The van der Waals surface area contributed by atoms with E-state index in [0.717, 1.165) is 0 Å². The van der Waals surface area contributed by atoms with Crippen LogP contribution in [0.3, 0.4) is 0 Å². The summed E-state index contributed by atoms with van der Waals surface area (Å²) in [6, 6.07) is 22.6. The Hall–Kier alpha value is -6.74. The molecule has 0 unspecified atom stereocenters. The zero-order valence-electron chi connectivity index (χ0n) is 34.4. The van der Waals surface area contributed by atoms with Crippen LogP contribution in [0.4, 0.5) is 20.2 Å². The van der Waals surface area contributed by atoms with Gasteiger partial charge in [-0.1, -0.05) is 56.0 Å². The number of carboxylic acids is 1. The molecular weight excluding hydrogens is 966 g/mol. The van der Waals surface area contributed by atoms with E-state index in [-0.39, 0.29) is 72.3 Å². The van der Waals surface area contributed by atoms with Crippen LogP contribution in [0.15, 0.2) is 93.9 Å². The number of nitrogens with two attached hydrogens (primary N) is 3. The molecule has 0 radical (unpaired) electrons. The van der Waals surface area contributed by atoms with Gasteiger partial charge in [-0.2, -0.15) is 10.2 Å². The van der Waals surface area contributed by atoms with E-state index < -0.39 is 47.8 Å². The number of hydrogen-bond acceptors (Lipinski definition) is 9. The predicted molar refractivity (Wildman–Crippen MR) is 246 cm³/mol. The molecule has 5 amide bonds. The molecule has 0 saturated heterocycles. The van der Waals surface area contributed by atoms with Crippen molar-refractivity contribution in [1.82, 2.24) is 29.4 Å². The molecule has 17 nitrogen and oxygen atoms in total. The number of rotatable bonds is 13. The number of primary amides is 2. The molecule has 0 bridgehead atoms. The van der Waals surface area contributed by atoms with Gasteiger partial charge >= 0.3 is 5.97 Å². The molecule has 21 heteroatoms. The van der Waals surface area contributed by atoms with E-state index in [2.05, 4.69) is 47.4 Å². The summed E-state index contributed by atoms with van der Waals surface area (Å²) in [4.78, 5) is 74.5. The molecule has 6 rings (SSSR count). The van der Waals surface area contributed by atoms with Gasteiger partial charge in [-0.15, -0.1) is 0 Å². The molecule has 8 N–H and O–H groups in total. The third-order valence-corrected chi connectivity index (χ3v) is 10.3. The first-order chi connectivity index (χ1) is 29.7. The van der Waals surface area contributed by atoms with Crippen LogP contribution in [0.25, 0.3) is 21.8 Å². The van der Waals surface area contributed by atoms with Crippen LogP contribution in [-0.4, -0.2) is 95.1 Å². The van der Waals surface area contributed by atoms with Crippen LogP contribution in [-0.2, 0) is 32.3 Å². The van der Waals surface area contributed by atoms with Crippen LogP contribution in [0.2, 0.25) is 0 Å². The third-order valence-electron chi connectivity index (χ3n) is 9.07. The highest BCUT2D eigenvalue weighted by Gasteiger charge is 2.25. The highest BCUT2D eigenvalue weighted by molar-refractivity contribution is 9.10. The molecule has 2 aromatic heterocycles. The van der Waals surface area contributed by atoms with Crippen molar-refractivity contribution in [2.75, 3.05) is 24.1 Å². The lowest BCUT2D eigenvalue weighted by atomic mass is 10.2. The van der Waals surface area contributed by atoms with E-state index in [9.17, 15) is 37.5 Å². The van der Waals surface area contributed by atoms with Gasteiger partial charge in [0.05, 0.1) is 31.4 Å². The van der Waals surface area contributed by atoms with Crippen molar-refractivity contribution in [3.63, 3.8) is 0 Å². The van der Waals surface area contributed by atoms with Gasteiger partial charge in [0.2, 0.25) is 17.7 Å². The van der Waals surface area contributed by atoms with E-state index in [1.54, 1.807) is 94.4 Å². The first kappa shape index (κ1) is 51.6. The van der Waals surface area contributed by atoms with E-state index in [0.29, 0.717) is 26.3 Å². The molecule has 0 atom stereocenters. The topological polar surface area (TPSA) is 255 Å². The quantitative estimate of drug-likeness (QED) is 0.0822. The smallest absolute Gasteiger partial charge is 0.323 e. The van der Waals surface area contributed by atoms with Crippen molar-refractivity contribution in [2.45, 2.75) is 60.3 Å². The van der Waals surface area contributed by atoms with E-state index in [1.165, 1.54) is 37.4 Å². The predicted octanol–water partition coefficient (Wildman–Crippen LogP) is 6.18. The number of anilines is 2. The molecule has 0 saturated carbocycles. The van der Waals surface area contributed by atoms with Gasteiger partial charge in [-0.3, -0.25) is 38.1 Å². The molecule has 0 aliphatic carbocycles. The summed E-state index contributed by atoms with van der Waals surface area (Å²) >= 11 is 6.06. The number of hydrogen-bond donors (Lipinski definition) is 5.